The van der Waals surface area contributed by atoms with E-state index in [1.54, 1.807) is 0 Å². The van der Waals surface area contributed by atoms with Crippen molar-refractivity contribution in [2.45, 2.75) is 6.10 Å². The van der Waals surface area contributed by atoms with E-state index in [1.165, 1.54) is 48.5 Å². The molecule has 6 heteroatoms. The maximum Gasteiger partial charge on any atom is 0.269 e. The van der Waals surface area contributed by atoms with E-state index < -0.39 is 16.8 Å². The number of rotatable bonds is 4. The Morgan fingerprint density at radius 2 is 1.71 bits per heavy atom. The second kappa shape index (κ2) is 5.94. The number of hydrogen-bond donors (Lipinski definition) is 1. The van der Waals surface area contributed by atoms with Crippen molar-refractivity contribution in [1.82, 2.24) is 0 Å². The highest BCUT2D eigenvalue weighted by Crippen LogP contribution is 2.20. The number of non-ortho nitro benzene ring substituents is 1. The lowest BCUT2D eigenvalue weighted by Crippen LogP contribution is -2.12. The van der Waals surface area contributed by atoms with Crippen LogP contribution in [0.25, 0.3) is 0 Å². The molecule has 2 rings (SSSR count). The number of nitrogens with zero attached hydrogens (tertiary/aromatic N) is 2. The normalized spacial score (nSPS) is 11.4. The molecule has 0 spiro atoms. The Morgan fingerprint density at radius 3 is 2.19 bits per heavy atom. The molecule has 0 amide bonds. The molecule has 2 aromatic rings. The Hall–Kier alpha value is -3.04. The molecule has 0 aliphatic carbocycles. The lowest BCUT2D eigenvalue weighted by atomic mass is 9.99. The second-order valence-electron chi connectivity index (χ2n) is 4.30. The van der Waals surface area contributed by atoms with Gasteiger partial charge in [0.25, 0.3) is 5.69 Å². The van der Waals surface area contributed by atoms with E-state index in [4.69, 9.17) is 5.26 Å². The number of Topliss-reactive ketones (excluding diaryl/α,β-unsaturated/α-hetero) is 1. The molecule has 104 valence electrons. The zero-order chi connectivity index (χ0) is 15.4. The molecule has 1 N–H and O–H groups in total. The number of carbonyl (C=O) groups excluding carboxylic acids is 1. The molecule has 0 radical (unpaired) electrons. The van der Waals surface area contributed by atoms with Crippen LogP contribution < -0.4 is 0 Å². The molecule has 0 aliphatic rings. The predicted molar refractivity (Wildman–Crippen MR) is 73.5 cm³/mol. The first-order valence-corrected chi connectivity index (χ1v) is 5.99. The first-order valence-electron chi connectivity index (χ1n) is 5.99. The third-order valence-corrected chi connectivity index (χ3v) is 2.97. The van der Waals surface area contributed by atoms with Gasteiger partial charge in [-0.15, -0.1) is 0 Å². The van der Waals surface area contributed by atoms with Gasteiger partial charge < -0.3 is 5.11 Å². The summed E-state index contributed by atoms with van der Waals surface area (Å²) >= 11 is 0. The van der Waals surface area contributed by atoms with Crippen LogP contribution in [0.1, 0.15) is 27.6 Å². The molecular weight excluding hydrogens is 272 g/mol. The molecular formula is C15H10N2O4. The highest BCUT2D eigenvalue weighted by atomic mass is 16.6. The van der Waals surface area contributed by atoms with Crippen molar-refractivity contribution in [3.8, 4) is 6.07 Å². The average molecular weight is 282 g/mol. The van der Waals surface area contributed by atoms with Gasteiger partial charge in [0.1, 0.15) is 6.10 Å². The van der Waals surface area contributed by atoms with Gasteiger partial charge in [0.05, 0.1) is 16.6 Å². The molecule has 2 aromatic carbocycles. The molecule has 6 nitrogen and oxygen atoms in total. The highest BCUT2D eigenvalue weighted by Gasteiger charge is 2.19. The van der Waals surface area contributed by atoms with Crippen molar-refractivity contribution in [2.24, 2.45) is 0 Å². The number of nitriles is 1. The third kappa shape index (κ3) is 3.11. The Kier molecular flexibility index (Phi) is 4.07. The van der Waals surface area contributed by atoms with E-state index in [0.29, 0.717) is 11.1 Å². The summed E-state index contributed by atoms with van der Waals surface area (Å²) in [5, 5.41) is 29.3. The number of benzene rings is 2. The summed E-state index contributed by atoms with van der Waals surface area (Å²) in [4.78, 5) is 22.1. The molecule has 0 heterocycles. The molecule has 21 heavy (non-hydrogen) atoms. The first-order chi connectivity index (χ1) is 10.0. The zero-order valence-corrected chi connectivity index (χ0v) is 10.8. The van der Waals surface area contributed by atoms with Crippen LogP contribution in [0, 0.1) is 21.4 Å². The molecule has 1 atom stereocenters. The minimum absolute atomic E-state index is 0.126. The highest BCUT2D eigenvalue weighted by molar-refractivity contribution is 6.00. The summed E-state index contributed by atoms with van der Waals surface area (Å²) in [5.74, 6) is -0.561. The maximum atomic E-state index is 12.1. The summed E-state index contributed by atoms with van der Waals surface area (Å²) in [6, 6.07) is 12.9. The van der Waals surface area contributed by atoms with Gasteiger partial charge in [-0.3, -0.25) is 14.9 Å². The molecule has 1 unspecified atom stereocenters. The van der Waals surface area contributed by atoms with Crippen LogP contribution >= 0.6 is 0 Å². The Labute approximate surface area is 120 Å². The number of aliphatic hydroxyl groups excluding tert-OH is 1. The van der Waals surface area contributed by atoms with Gasteiger partial charge in [-0.05, 0) is 29.8 Å². The summed E-state index contributed by atoms with van der Waals surface area (Å²) in [6.45, 7) is 0. The van der Waals surface area contributed by atoms with Crippen LogP contribution in [-0.2, 0) is 0 Å². The maximum absolute atomic E-state index is 12.1. The second-order valence-corrected chi connectivity index (χ2v) is 4.30. The van der Waals surface area contributed by atoms with Gasteiger partial charge >= 0.3 is 0 Å². The number of nitro benzene ring substituents is 1. The van der Waals surface area contributed by atoms with E-state index >= 15 is 0 Å². The third-order valence-electron chi connectivity index (χ3n) is 2.97. The van der Waals surface area contributed by atoms with E-state index in [2.05, 4.69) is 0 Å². The lowest BCUT2D eigenvalue weighted by Gasteiger charge is -2.10. The first kappa shape index (κ1) is 14.4. The van der Waals surface area contributed by atoms with E-state index in [9.17, 15) is 20.0 Å². The van der Waals surface area contributed by atoms with Crippen molar-refractivity contribution >= 4 is 11.5 Å². The molecule has 0 aromatic heterocycles. The lowest BCUT2D eigenvalue weighted by molar-refractivity contribution is -0.384. The summed E-state index contributed by atoms with van der Waals surface area (Å²) in [6.07, 6.45) is -1.38. The predicted octanol–water partition coefficient (Wildman–Crippen LogP) is 2.38. The smallest absolute Gasteiger partial charge is 0.269 e. The van der Waals surface area contributed by atoms with Crippen molar-refractivity contribution < 1.29 is 14.8 Å². The van der Waals surface area contributed by atoms with Crippen molar-refractivity contribution in [2.75, 3.05) is 0 Å². The van der Waals surface area contributed by atoms with Gasteiger partial charge in [0.15, 0.2) is 5.78 Å². The number of hydrogen-bond acceptors (Lipinski definition) is 5. The van der Waals surface area contributed by atoms with E-state index in [1.807, 2.05) is 6.07 Å². The van der Waals surface area contributed by atoms with E-state index in [-0.39, 0.29) is 11.3 Å². The topological polar surface area (TPSA) is 104 Å². The molecule has 0 fully saturated rings. The summed E-state index contributed by atoms with van der Waals surface area (Å²) < 4.78 is 0. The van der Waals surface area contributed by atoms with Gasteiger partial charge in [-0.2, -0.15) is 5.26 Å². The quantitative estimate of drug-likeness (QED) is 0.526. The van der Waals surface area contributed by atoms with Crippen LogP contribution in [0.3, 0.4) is 0 Å². The summed E-state index contributed by atoms with van der Waals surface area (Å²) in [7, 11) is 0. The monoisotopic (exact) mass is 282 g/mol. The molecule has 0 bridgehead atoms. The molecule has 0 saturated carbocycles. The van der Waals surface area contributed by atoms with Crippen molar-refractivity contribution in [3.05, 3.63) is 75.3 Å². The number of ketones is 1. The van der Waals surface area contributed by atoms with Crippen LogP contribution in [-0.4, -0.2) is 15.8 Å². The van der Waals surface area contributed by atoms with Crippen LogP contribution in [0.4, 0.5) is 5.69 Å². The number of carbonyl (C=O) groups is 1. The van der Waals surface area contributed by atoms with Crippen molar-refractivity contribution in [1.29, 1.82) is 5.26 Å². The van der Waals surface area contributed by atoms with Gasteiger partial charge in [0.2, 0.25) is 0 Å². The van der Waals surface area contributed by atoms with Crippen LogP contribution in [0.2, 0.25) is 0 Å². The fourth-order valence-corrected chi connectivity index (χ4v) is 1.80. The summed E-state index contributed by atoms with van der Waals surface area (Å²) in [5.41, 5.74) is 0.836. The van der Waals surface area contributed by atoms with Gasteiger partial charge in [0, 0.05) is 17.7 Å². The SMILES string of the molecule is N#Cc1ccc(C(O)C(=O)c2ccc([N+](=O)[O-])cc2)cc1. The average Bonchev–Trinajstić information content (AvgIpc) is 2.53. The molecule has 0 saturated heterocycles. The van der Waals surface area contributed by atoms with Crippen LogP contribution in [0.5, 0.6) is 0 Å². The van der Waals surface area contributed by atoms with Crippen LogP contribution in [0.15, 0.2) is 48.5 Å². The molecule has 0 aliphatic heterocycles. The van der Waals surface area contributed by atoms with Crippen molar-refractivity contribution in [3.63, 3.8) is 0 Å². The largest absolute Gasteiger partial charge is 0.380 e. The Balaban J connectivity index is 2.22. The fourth-order valence-electron chi connectivity index (χ4n) is 1.80. The van der Waals surface area contributed by atoms with E-state index in [0.717, 1.165) is 0 Å². The number of nitro groups is 1. The van der Waals surface area contributed by atoms with Gasteiger partial charge in [-0.25, -0.2) is 0 Å². The zero-order valence-electron chi connectivity index (χ0n) is 10.8. The standard InChI is InChI=1S/C15H10N2O4/c16-9-10-1-3-11(4-2-10)14(18)15(19)12-5-7-13(8-6-12)17(20)21/h1-8,14,18H. The fraction of sp³-hybridized carbons (Fsp3) is 0.0667. The number of aliphatic hydroxyl groups is 1. The van der Waals surface area contributed by atoms with Gasteiger partial charge in [-0.1, -0.05) is 12.1 Å². The minimum atomic E-state index is -1.38. The Morgan fingerprint density at radius 1 is 1.14 bits per heavy atom. The minimum Gasteiger partial charge on any atom is -0.380 e. The Bertz CT molecular complexity index is 715.